The van der Waals surface area contributed by atoms with Crippen LogP contribution >= 0.6 is 19.8 Å². The number of aromatic nitrogens is 6. The van der Waals surface area contributed by atoms with Gasteiger partial charge >= 0.3 is 7.60 Å². The second-order valence-corrected chi connectivity index (χ2v) is 7.50. The zero-order valence-corrected chi connectivity index (χ0v) is 17.3. The van der Waals surface area contributed by atoms with Crippen LogP contribution in [0.2, 0.25) is 0 Å². The molecular weight excluding hydrogens is 395 g/mol. The van der Waals surface area contributed by atoms with Crippen molar-refractivity contribution >= 4 is 29.9 Å². The van der Waals surface area contributed by atoms with Gasteiger partial charge in [-0.3, -0.25) is 9.12 Å². The third-order valence-electron chi connectivity index (χ3n) is 1.18. The molecule has 148 valence electrons. The van der Waals surface area contributed by atoms with Crippen LogP contribution in [0.3, 0.4) is 0 Å². The molecule has 0 bridgehead atoms. The fourth-order valence-corrected chi connectivity index (χ4v) is 0.857. The van der Waals surface area contributed by atoms with Gasteiger partial charge < -0.3 is 19.8 Å². The van der Waals surface area contributed by atoms with E-state index in [1.807, 2.05) is 27.0 Å². The first-order valence-electron chi connectivity index (χ1n) is 6.58. The summed E-state index contributed by atoms with van der Waals surface area (Å²) in [5.74, 6) is 0.676. The molecular formula is C10H25N6O6PS2. The van der Waals surface area contributed by atoms with Crippen molar-refractivity contribution in [2.75, 3.05) is 12.9 Å². The summed E-state index contributed by atoms with van der Waals surface area (Å²) >= 11 is 4.72. The average molecular weight is 420 g/mol. The highest BCUT2D eigenvalue weighted by molar-refractivity contribution is 7.85. The van der Waals surface area contributed by atoms with Crippen LogP contribution in [-0.2, 0) is 14.7 Å². The average Bonchev–Trinajstić information content (AvgIpc) is 3.00. The van der Waals surface area contributed by atoms with Crippen LogP contribution < -0.4 is 0 Å². The largest absolute Gasteiger partial charge is 0.337 e. The molecule has 2 aromatic heterocycles. The Morgan fingerprint density at radius 2 is 1.64 bits per heavy atom. The minimum absolute atomic E-state index is 0.676. The quantitative estimate of drug-likeness (QED) is 0.204. The van der Waals surface area contributed by atoms with Gasteiger partial charge in [0.2, 0.25) is 0 Å². The van der Waals surface area contributed by atoms with Gasteiger partial charge in [-0.1, -0.05) is 19.1 Å². The van der Waals surface area contributed by atoms with E-state index in [0.29, 0.717) is 16.9 Å². The first-order valence-corrected chi connectivity index (χ1v) is 10.9. The number of aryl methyl sites for hydroxylation is 2. The van der Waals surface area contributed by atoms with Gasteiger partial charge in [0.1, 0.15) is 0 Å². The van der Waals surface area contributed by atoms with Crippen molar-refractivity contribution in [3.05, 3.63) is 22.5 Å². The summed E-state index contributed by atoms with van der Waals surface area (Å²) in [6.07, 6.45) is 2.55. The summed E-state index contributed by atoms with van der Waals surface area (Å²) in [7, 11) is -7.31. The predicted octanol–water partition coefficient (Wildman–Crippen LogP) is 1.21. The van der Waals surface area contributed by atoms with Gasteiger partial charge in [0, 0.05) is 18.6 Å². The van der Waals surface area contributed by atoms with Crippen LogP contribution in [0.25, 0.3) is 0 Å². The highest BCUT2D eigenvalue weighted by Crippen LogP contribution is 2.26. The van der Waals surface area contributed by atoms with Gasteiger partial charge in [0.05, 0.1) is 6.26 Å². The van der Waals surface area contributed by atoms with E-state index in [-0.39, 0.29) is 0 Å². The Hall–Kier alpha value is -1.44. The number of hydrogen-bond acceptors (Lipinski definition) is 7. The number of nitrogens with one attached hydrogen (secondary N) is 3. The molecule has 6 N–H and O–H groups in total. The molecule has 0 aliphatic rings. The predicted molar refractivity (Wildman–Crippen MR) is 96.4 cm³/mol. The molecule has 15 heteroatoms. The zero-order chi connectivity index (χ0) is 20.7. The van der Waals surface area contributed by atoms with E-state index >= 15 is 0 Å². The molecule has 2 aromatic rings. The molecule has 0 aromatic carbocycles. The molecule has 12 nitrogen and oxygen atoms in total. The third kappa shape index (κ3) is 45.0. The van der Waals surface area contributed by atoms with Crippen LogP contribution in [0.15, 0.2) is 6.20 Å². The molecule has 2 heterocycles. The van der Waals surface area contributed by atoms with E-state index in [1.165, 1.54) is 0 Å². The highest BCUT2D eigenvalue weighted by atomic mass is 32.2. The Kier molecular flexibility index (Phi) is 16.9. The van der Waals surface area contributed by atoms with Crippen molar-refractivity contribution in [2.24, 2.45) is 0 Å². The standard InChI is InChI=1S/C4H6N2S.C2H4N4.C2H6.CH5O3P.CH4O3S/c1-3-2-5-4(7)6-3;1-2-3-5-6-4-2;1-2;2*1-5(2,3)4/h2H,1H3,(H2,5,6,7);1H3,(H,3,4,5,6);1-2H3;1H3,(H2,2,3,4);1H3,(H,2,3,4). The second-order valence-electron chi connectivity index (χ2n) is 3.95. The molecule has 0 atom stereocenters. The van der Waals surface area contributed by atoms with Crippen molar-refractivity contribution in [2.45, 2.75) is 27.7 Å². The van der Waals surface area contributed by atoms with E-state index in [4.69, 9.17) is 26.6 Å². The molecule has 0 saturated carbocycles. The van der Waals surface area contributed by atoms with E-state index in [9.17, 15) is 13.0 Å². The second kappa shape index (κ2) is 14.9. The van der Waals surface area contributed by atoms with Gasteiger partial charge in [-0.15, -0.1) is 10.2 Å². The van der Waals surface area contributed by atoms with E-state index in [1.54, 1.807) is 6.92 Å². The Balaban J connectivity index is -0.000000253. The maximum absolute atomic E-state index is 9.33. The molecule has 0 saturated heterocycles. The van der Waals surface area contributed by atoms with Crippen molar-refractivity contribution in [1.29, 1.82) is 0 Å². The lowest BCUT2D eigenvalue weighted by Gasteiger charge is -1.84. The van der Waals surface area contributed by atoms with Gasteiger partial charge in [-0.05, 0) is 26.1 Å². The molecule has 0 amide bonds. The molecule has 0 unspecified atom stereocenters. The van der Waals surface area contributed by atoms with Crippen LogP contribution in [0.4, 0.5) is 0 Å². The minimum atomic E-state index is -3.67. The van der Waals surface area contributed by atoms with Gasteiger partial charge in [-0.2, -0.15) is 13.6 Å². The monoisotopic (exact) mass is 420 g/mol. The topological polar surface area (TPSA) is 198 Å². The lowest BCUT2D eigenvalue weighted by Crippen LogP contribution is -1.88. The summed E-state index contributed by atoms with van der Waals surface area (Å²) in [5.41, 5.74) is 1.07. The fraction of sp³-hybridized carbons (Fsp3) is 0.600. The maximum atomic E-state index is 9.33. The zero-order valence-electron chi connectivity index (χ0n) is 14.7. The molecule has 0 radical (unpaired) electrons. The Labute approximate surface area is 151 Å². The first-order chi connectivity index (χ1) is 11.2. The van der Waals surface area contributed by atoms with Crippen LogP contribution in [0.1, 0.15) is 25.4 Å². The summed E-state index contributed by atoms with van der Waals surface area (Å²) in [6.45, 7) is 8.57. The number of imidazole rings is 1. The smallest absolute Gasteiger partial charge is 0.322 e. The highest BCUT2D eigenvalue weighted by Gasteiger charge is 1.95. The Bertz CT molecular complexity index is 720. The number of aromatic amines is 3. The molecule has 0 aliphatic heterocycles. The van der Waals surface area contributed by atoms with Crippen molar-refractivity contribution < 1.29 is 27.3 Å². The molecule has 25 heavy (non-hydrogen) atoms. The van der Waals surface area contributed by atoms with Crippen LogP contribution in [0.5, 0.6) is 0 Å². The van der Waals surface area contributed by atoms with Crippen LogP contribution in [0, 0.1) is 18.6 Å². The number of rotatable bonds is 0. The van der Waals surface area contributed by atoms with Crippen molar-refractivity contribution in [1.82, 2.24) is 30.6 Å². The minimum Gasteiger partial charge on any atom is -0.337 e. The molecule has 2 rings (SSSR count). The normalized spacial score (nSPS) is 9.64. The molecule has 0 fully saturated rings. The molecule has 0 spiro atoms. The molecule has 0 aliphatic carbocycles. The van der Waals surface area contributed by atoms with Crippen LogP contribution in [-0.4, -0.2) is 66.3 Å². The SMILES string of the molecule is CC.CP(=O)(O)O.CS(=O)(=O)O.Cc1c[nH]c(=S)[nH]1.Cc1nn[nH]n1. The van der Waals surface area contributed by atoms with Gasteiger partial charge in [0.25, 0.3) is 10.1 Å². The van der Waals surface area contributed by atoms with Crippen molar-refractivity contribution in [3.63, 3.8) is 0 Å². The number of hydrogen-bond donors (Lipinski definition) is 6. The summed E-state index contributed by atoms with van der Waals surface area (Å²) in [6, 6.07) is 0. The van der Waals surface area contributed by atoms with Gasteiger partial charge in [0.15, 0.2) is 10.6 Å². The number of nitrogens with zero attached hydrogens (tertiary/aromatic N) is 3. The van der Waals surface area contributed by atoms with E-state index in [2.05, 4.69) is 30.6 Å². The fourth-order valence-electron chi connectivity index (χ4n) is 0.637. The Morgan fingerprint density at radius 3 is 1.72 bits per heavy atom. The third-order valence-corrected chi connectivity index (χ3v) is 1.40. The summed E-state index contributed by atoms with van der Waals surface area (Å²) in [5, 5.41) is 12.7. The number of H-pyrrole nitrogens is 3. The maximum Gasteiger partial charge on any atom is 0.322 e. The number of tetrazole rings is 1. The summed E-state index contributed by atoms with van der Waals surface area (Å²) < 4.78 is 35.9. The summed E-state index contributed by atoms with van der Waals surface area (Å²) in [4.78, 5) is 21.0. The Morgan fingerprint density at radius 1 is 1.24 bits per heavy atom. The van der Waals surface area contributed by atoms with E-state index < -0.39 is 17.7 Å². The first kappa shape index (κ1) is 28.4. The lowest BCUT2D eigenvalue weighted by atomic mass is 10.6. The van der Waals surface area contributed by atoms with E-state index in [0.717, 1.165) is 12.4 Å². The lowest BCUT2D eigenvalue weighted by molar-refractivity contribution is 0.381. The van der Waals surface area contributed by atoms with Crippen molar-refractivity contribution in [3.8, 4) is 0 Å². The van der Waals surface area contributed by atoms with Gasteiger partial charge in [-0.25, -0.2) is 0 Å².